The SMILES string of the molecule is C1COO1.CCCC. The maximum atomic E-state index is 4.22. The van der Waals surface area contributed by atoms with Gasteiger partial charge in [0.2, 0.25) is 0 Å². The summed E-state index contributed by atoms with van der Waals surface area (Å²) < 4.78 is 0. The van der Waals surface area contributed by atoms with Crippen molar-refractivity contribution in [2.24, 2.45) is 0 Å². The van der Waals surface area contributed by atoms with Crippen molar-refractivity contribution in [2.45, 2.75) is 26.7 Å². The van der Waals surface area contributed by atoms with E-state index in [-0.39, 0.29) is 0 Å². The highest BCUT2D eigenvalue weighted by Gasteiger charge is 1.95. The fourth-order valence-electron chi connectivity index (χ4n) is 0.0833. The van der Waals surface area contributed by atoms with Gasteiger partial charge in [0.1, 0.15) is 13.2 Å². The average molecular weight is 118 g/mol. The molecule has 0 aliphatic carbocycles. The predicted octanol–water partition coefficient (Wildman–Crippen LogP) is 1.75. The Balaban J connectivity index is 0.000000122. The zero-order chi connectivity index (χ0) is 6.24. The molecule has 1 fully saturated rings. The van der Waals surface area contributed by atoms with Crippen LogP contribution in [0.5, 0.6) is 0 Å². The fourth-order valence-corrected chi connectivity index (χ4v) is 0.0833. The molecule has 0 radical (unpaired) electrons. The number of unbranched alkanes of at least 4 members (excludes halogenated alkanes) is 1. The first-order chi connectivity index (χ1) is 3.91. The fraction of sp³-hybridized carbons (Fsp3) is 1.00. The second-order valence-corrected chi connectivity index (χ2v) is 1.64. The molecule has 0 aromatic carbocycles. The summed E-state index contributed by atoms with van der Waals surface area (Å²) in [6, 6.07) is 0. The van der Waals surface area contributed by atoms with E-state index in [9.17, 15) is 0 Å². The molecule has 1 aliphatic heterocycles. The molecule has 1 aliphatic rings. The van der Waals surface area contributed by atoms with Crippen LogP contribution in [-0.4, -0.2) is 13.2 Å². The lowest BCUT2D eigenvalue weighted by Crippen LogP contribution is -2.14. The van der Waals surface area contributed by atoms with Gasteiger partial charge in [0.15, 0.2) is 0 Å². The second kappa shape index (κ2) is 6.92. The largest absolute Gasteiger partial charge is 0.234 e. The topological polar surface area (TPSA) is 18.5 Å². The molecule has 0 aromatic rings. The lowest BCUT2D eigenvalue weighted by Gasteiger charge is -2.08. The van der Waals surface area contributed by atoms with Crippen molar-refractivity contribution < 1.29 is 9.78 Å². The Kier molecular flexibility index (Phi) is 6.85. The third-order valence-corrected chi connectivity index (χ3v) is 0.833. The molecular weight excluding hydrogens is 104 g/mol. The molecule has 0 atom stereocenters. The van der Waals surface area contributed by atoms with Crippen LogP contribution >= 0.6 is 0 Å². The van der Waals surface area contributed by atoms with Crippen molar-refractivity contribution in [3.63, 3.8) is 0 Å². The van der Waals surface area contributed by atoms with E-state index >= 15 is 0 Å². The molecule has 0 bridgehead atoms. The molecule has 0 aromatic heterocycles. The van der Waals surface area contributed by atoms with Crippen LogP contribution in [0, 0.1) is 0 Å². The lowest BCUT2D eigenvalue weighted by molar-refractivity contribution is -0.382. The minimum Gasteiger partial charge on any atom is -0.234 e. The first-order valence-electron chi connectivity index (χ1n) is 3.16. The second-order valence-electron chi connectivity index (χ2n) is 1.64. The van der Waals surface area contributed by atoms with Crippen LogP contribution in [0.25, 0.3) is 0 Å². The van der Waals surface area contributed by atoms with E-state index in [1.807, 2.05) is 0 Å². The monoisotopic (exact) mass is 118 g/mol. The summed E-state index contributed by atoms with van der Waals surface area (Å²) in [5, 5.41) is 0. The van der Waals surface area contributed by atoms with Gasteiger partial charge in [0, 0.05) is 0 Å². The van der Waals surface area contributed by atoms with E-state index in [2.05, 4.69) is 23.6 Å². The summed E-state index contributed by atoms with van der Waals surface area (Å²) in [7, 11) is 0. The summed E-state index contributed by atoms with van der Waals surface area (Å²) in [4.78, 5) is 8.44. The van der Waals surface area contributed by atoms with Crippen molar-refractivity contribution in [3.05, 3.63) is 0 Å². The average Bonchev–Trinajstić information content (AvgIpc) is 1.61. The highest BCUT2D eigenvalue weighted by Crippen LogP contribution is 1.87. The van der Waals surface area contributed by atoms with E-state index in [4.69, 9.17) is 0 Å². The molecule has 1 heterocycles. The molecule has 0 amide bonds. The van der Waals surface area contributed by atoms with Crippen LogP contribution in [0.2, 0.25) is 0 Å². The van der Waals surface area contributed by atoms with Gasteiger partial charge in [-0.15, -0.1) is 0 Å². The number of rotatable bonds is 1. The molecule has 0 saturated carbocycles. The Hall–Kier alpha value is -0.0800. The molecule has 0 spiro atoms. The van der Waals surface area contributed by atoms with Crippen LogP contribution in [0.1, 0.15) is 26.7 Å². The van der Waals surface area contributed by atoms with Crippen molar-refractivity contribution >= 4 is 0 Å². The normalized spacial score (nSPS) is 15.8. The first-order valence-corrected chi connectivity index (χ1v) is 3.16. The Morgan fingerprint density at radius 2 is 1.25 bits per heavy atom. The summed E-state index contributed by atoms with van der Waals surface area (Å²) in [5.41, 5.74) is 0. The Morgan fingerprint density at radius 3 is 1.25 bits per heavy atom. The molecule has 0 unspecified atom stereocenters. The van der Waals surface area contributed by atoms with Crippen LogP contribution in [0.15, 0.2) is 0 Å². The minimum atomic E-state index is 0.778. The van der Waals surface area contributed by atoms with Crippen LogP contribution in [0.3, 0.4) is 0 Å². The van der Waals surface area contributed by atoms with Gasteiger partial charge in [0.05, 0.1) is 0 Å². The Labute approximate surface area is 50.7 Å². The molecule has 50 valence electrons. The van der Waals surface area contributed by atoms with E-state index in [0.717, 1.165) is 13.2 Å². The van der Waals surface area contributed by atoms with E-state index < -0.39 is 0 Å². The Bertz CT molecular complexity index is 27.5. The number of hydrogen-bond donors (Lipinski definition) is 0. The summed E-state index contributed by atoms with van der Waals surface area (Å²) in [5.74, 6) is 0. The third-order valence-electron chi connectivity index (χ3n) is 0.833. The zero-order valence-electron chi connectivity index (χ0n) is 5.64. The van der Waals surface area contributed by atoms with Crippen molar-refractivity contribution in [3.8, 4) is 0 Å². The minimum absolute atomic E-state index is 0.778. The predicted molar refractivity (Wildman–Crippen MR) is 32.5 cm³/mol. The maximum Gasteiger partial charge on any atom is 0.109 e. The van der Waals surface area contributed by atoms with Gasteiger partial charge < -0.3 is 0 Å². The van der Waals surface area contributed by atoms with Crippen molar-refractivity contribution in [1.82, 2.24) is 0 Å². The Morgan fingerprint density at radius 1 is 1.00 bits per heavy atom. The summed E-state index contributed by atoms with van der Waals surface area (Å²) in [6.45, 7) is 5.92. The first kappa shape index (κ1) is 7.92. The van der Waals surface area contributed by atoms with Crippen LogP contribution < -0.4 is 0 Å². The van der Waals surface area contributed by atoms with Gasteiger partial charge in [-0.1, -0.05) is 26.7 Å². The summed E-state index contributed by atoms with van der Waals surface area (Å²) >= 11 is 0. The molecule has 1 saturated heterocycles. The maximum absolute atomic E-state index is 4.22. The molecule has 8 heavy (non-hydrogen) atoms. The highest BCUT2D eigenvalue weighted by molar-refractivity contribution is 4.22. The summed E-state index contributed by atoms with van der Waals surface area (Å²) in [6.07, 6.45) is 2.64. The van der Waals surface area contributed by atoms with Gasteiger partial charge >= 0.3 is 0 Å². The van der Waals surface area contributed by atoms with Crippen molar-refractivity contribution in [2.75, 3.05) is 13.2 Å². The molecule has 2 nitrogen and oxygen atoms in total. The van der Waals surface area contributed by atoms with Crippen LogP contribution in [-0.2, 0) is 9.78 Å². The van der Waals surface area contributed by atoms with Crippen molar-refractivity contribution in [1.29, 1.82) is 0 Å². The van der Waals surface area contributed by atoms with E-state index in [1.54, 1.807) is 0 Å². The van der Waals surface area contributed by atoms with Gasteiger partial charge in [-0.25, -0.2) is 9.78 Å². The third kappa shape index (κ3) is 5.92. The highest BCUT2D eigenvalue weighted by atomic mass is 17.2. The van der Waals surface area contributed by atoms with Gasteiger partial charge in [0.25, 0.3) is 0 Å². The van der Waals surface area contributed by atoms with Crippen LogP contribution in [0.4, 0.5) is 0 Å². The molecule has 2 heteroatoms. The van der Waals surface area contributed by atoms with Gasteiger partial charge in [-0.2, -0.15) is 0 Å². The smallest absolute Gasteiger partial charge is 0.109 e. The zero-order valence-corrected chi connectivity index (χ0v) is 5.64. The van der Waals surface area contributed by atoms with E-state index in [1.165, 1.54) is 12.8 Å². The number of hydrogen-bond acceptors (Lipinski definition) is 2. The standard InChI is InChI=1S/C4H10.C2H4O2/c1-3-4-2;1-2-4-3-1/h3-4H2,1-2H3;1-2H2. The van der Waals surface area contributed by atoms with E-state index in [0.29, 0.717) is 0 Å². The molecule has 0 N–H and O–H groups in total. The molecule has 1 rings (SSSR count). The quantitative estimate of drug-likeness (QED) is 0.488. The lowest BCUT2D eigenvalue weighted by atomic mass is 10.4. The molecular formula is C6H14O2. The van der Waals surface area contributed by atoms with Gasteiger partial charge in [-0.3, -0.25) is 0 Å². The van der Waals surface area contributed by atoms with Gasteiger partial charge in [-0.05, 0) is 0 Å².